The molecule has 0 aliphatic heterocycles. The van der Waals surface area contributed by atoms with Crippen molar-refractivity contribution in [2.45, 2.75) is 6.42 Å². The van der Waals surface area contributed by atoms with Crippen molar-refractivity contribution >= 4 is 5.52 Å². The van der Waals surface area contributed by atoms with Crippen molar-refractivity contribution in [1.29, 1.82) is 0 Å². The van der Waals surface area contributed by atoms with Gasteiger partial charge in [0.1, 0.15) is 22.8 Å². The highest BCUT2D eigenvalue weighted by Crippen LogP contribution is 2.20. The molecule has 0 aliphatic rings. The number of rotatable bonds is 2. The van der Waals surface area contributed by atoms with Gasteiger partial charge in [0.05, 0.1) is 6.20 Å². The Kier molecular flexibility index (Phi) is 2.41. The van der Waals surface area contributed by atoms with Gasteiger partial charge < -0.3 is 14.6 Å². The van der Waals surface area contributed by atoms with E-state index in [2.05, 4.69) is 4.98 Å². The van der Waals surface area contributed by atoms with Crippen LogP contribution in [0.25, 0.3) is 5.52 Å². The number of benzene rings is 1. The molecule has 0 bridgehead atoms. The maximum Gasteiger partial charge on any atom is 0.141 e. The van der Waals surface area contributed by atoms with Crippen molar-refractivity contribution in [1.82, 2.24) is 9.38 Å². The van der Waals surface area contributed by atoms with E-state index in [0.29, 0.717) is 11.9 Å². The third-order valence-electron chi connectivity index (χ3n) is 2.92. The van der Waals surface area contributed by atoms with Gasteiger partial charge in [-0.1, -0.05) is 12.1 Å². The molecule has 3 aromatic rings. The zero-order chi connectivity index (χ0) is 12.5. The van der Waals surface area contributed by atoms with E-state index in [1.54, 1.807) is 30.5 Å². The zero-order valence-electron chi connectivity index (χ0n) is 9.61. The molecule has 0 unspecified atom stereocenters. The van der Waals surface area contributed by atoms with E-state index >= 15 is 0 Å². The fourth-order valence-electron chi connectivity index (χ4n) is 1.99. The van der Waals surface area contributed by atoms with E-state index in [9.17, 15) is 10.2 Å². The third kappa shape index (κ3) is 1.78. The van der Waals surface area contributed by atoms with Crippen LogP contribution in [-0.2, 0) is 6.42 Å². The van der Waals surface area contributed by atoms with Crippen LogP contribution in [0.2, 0.25) is 0 Å². The van der Waals surface area contributed by atoms with Crippen molar-refractivity contribution in [2.24, 2.45) is 0 Å². The number of fused-ring (bicyclic) bond motifs is 1. The molecule has 4 heteroatoms. The Morgan fingerprint density at radius 2 is 1.83 bits per heavy atom. The number of phenolic OH excluding ortho intramolecular Hbond substituents is 1. The largest absolute Gasteiger partial charge is 0.508 e. The summed E-state index contributed by atoms with van der Waals surface area (Å²) in [5.74, 6) is 1.33. The van der Waals surface area contributed by atoms with Crippen molar-refractivity contribution < 1.29 is 10.2 Å². The van der Waals surface area contributed by atoms with Crippen LogP contribution >= 0.6 is 0 Å². The SMILES string of the molecule is Oc1ccc(Cc2ncc3c(O)cccn23)cc1. The highest BCUT2D eigenvalue weighted by molar-refractivity contribution is 5.58. The van der Waals surface area contributed by atoms with Gasteiger partial charge in [0.25, 0.3) is 0 Å². The van der Waals surface area contributed by atoms with Crippen molar-refractivity contribution in [2.75, 3.05) is 0 Å². The van der Waals surface area contributed by atoms with Crippen molar-refractivity contribution in [3.8, 4) is 11.5 Å². The third-order valence-corrected chi connectivity index (χ3v) is 2.92. The summed E-state index contributed by atoms with van der Waals surface area (Å²) in [7, 11) is 0. The minimum absolute atomic E-state index is 0.224. The highest BCUT2D eigenvalue weighted by atomic mass is 16.3. The van der Waals surface area contributed by atoms with Gasteiger partial charge >= 0.3 is 0 Å². The maximum atomic E-state index is 9.69. The highest BCUT2D eigenvalue weighted by Gasteiger charge is 2.07. The molecular weight excluding hydrogens is 228 g/mol. The number of pyridine rings is 1. The number of phenols is 1. The predicted molar refractivity (Wildman–Crippen MR) is 67.8 cm³/mol. The first-order chi connectivity index (χ1) is 8.74. The summed E-state index contributed by atoms with van der Waals surface area (Å²) in [4.78, 5) is 4.31. The molecule has 1 aromatic carbocycles. The average Bonchev–Trinajstić information content (AvgIpc) is 2.77. The molecule has 4 nitrogen and oxygen atoms in total. The topological polar surface area (TPSA) is 57.8 Å². The van der Waals surface area contributed by atoms with Crippen LogP contribution in [0.1, 0.15) is 11.4 Å². The lowest BCUT2D eigenvalue weighted by Gasteiger charge is -2.03. The molecule has 2 N–H and O–H groups in total. The molecule has 0 spiro atoms. The minimum Gasteiger partial charge on any atom is -0.508 e. The second-order valence-corrected chi connectivity index (χ2v) is 4.17. The molecule has 2 heterocycles. The van der Waals surface area contributed by atoms with E-state index in [4.69, 9.17) is 0 Å². The van der Waals surface area contributed by atoms with Gasteiger partial charge in [0, 0.05) is 12.6 Å². The van der Waals surface area contributed by atoms with Gasteiger partial charge in [-0.05, 0) is 29.8 Å². The second kappa shape index (κ2) is 4.07. The second-order valence-electron chi connectivity index (χ2n) is 4.17. The molecule has 0 radical (unpaired) electrons. The van der Waals surface area contributed by atoms with Crippen LogP contribution in [-0.4, -0.2) is 19.6 Å². The Morgan fingerprint density at radius 1 is 1.06 bits per heavy atom. The molecule has 18 heavy (non-hydrogen) atoms. The number of hydrogen-bond acceptors (Lipinski definition) is 3. The molecule has 0 aliphatic carbocycles. The first-order valence-corrected chi connectivity index (χ1v) is 5.66. The van der Waals surface area contributed by atoms with Gasteiger partial charge in [0.2, 0.25) is 0 Å². The number of aromatic nitrogens is 2. The lowest BCUT2D eigenvalue weighted by molar-refractivity contribution is 0.475. The average molecular weight is 240 g/mol. The first kappa shape index (κ1) is 10.7. The van der Waals surface area contributed by atoms with Gasteiger partial charge in [0.15, 0.2) is 0 Å². The lowest BCUT2D eigenvalue weighted by atomic mass is 10.1. The maximum absolute atomic E-state index is 9.69. The van der Waals surface area contributed by atoms with E-state index in [1.807, 2.05) is 22.7 Å². The standard InChI is InChI=1S/C14H12N2O2/c17-11-5-3-10(4-6-11)8-14-15-9-12-13(18)2-1-7-16(12)14/h1-7,9,17-18H,8H2. The summed E-state index contributed by atoms with van der Waals surface area (Å²) in [6.45, 7) is 0. The molecular formula is C14H12N2O2. The van der Waals surface area contributed by atoms with Crippen LogP contribution in [0, 0.1) is 0 Å². The number of nitrogens with zero attached hydrogens (tertiary/aromatic N) is 2. The summed E-state index contributed by atoms with van der Waals surface area (Å²) in [6, 6.07) is 10.5. The monoisotopic (exact) mass is 240 g/mol. The Balaban J connectivity index is 2.00. The zero-order valence-corrected chi connectivity index (χ0v) is 9.61. The molecule has 0 fully saturated rings. The summed E-state index contributed by atoms with van der Waals surface area (Å²) in [5.41, 5.74) is 1.76. The first-order valence-electron chi connectivity index (χ1n) is 5.66. The van der Waals surface area contributed by atoms with Gasteiger partial charge in [-0.15, -0.1) is 0 Å². The molecule has 90 valence electrons. The lowest BCUT2D eigenvalue weighted by Crippen LogP contribution is -1.95. The van der Waals surface area contributed by atoms with E-state index in [1.165, 1.54) is 0 Å². The van der Waals surface area contributed by atoms with Gasteiger partial charge in [-0.2, -0.15) is 0 Å². The molecule has 0 saturated carbocycles. The van der Waals surface area contributed by atoms with E-state index < -0.39 is 0 Å². The van der Waals surface area contributed by atoms with E-state index in [-0.39, 0.29) is 11.5 Å². The van der Waals surface area contributed by atoms with Gasteiger partial charge in [-0.3, -0.25) is 0 Å². The molecule has 3 rings (SSSR count). The van der Waals surface area contributed by atoms with Crippen molar-refractivity contribution in [3.63, 3.8) is 0 Å². The van der Waals surface area contributed by atoms with Gasteiger partial charge in [-0.25, -0.2) is 4.98 Å². The Morgan fingerprint density at radius 3 is 2.61 bits per heavy atom. The summed E-state index contributed by atoms with van der Waals surface area (Å²) >= 11 is 0. The molecule has 0 atom stereocenters. The smallest absolute Gasteiger partial charge is 0.141 e. The van der Waals surface area contributed by atoms with Crippen LogP contribution in [0.5, 0.6) is 11.5 Å². The summed E-state index contributed by atoms with van der Waals surface area (Å²) in [6.07, 6.45) is 4.18. The molecule has 0 amide bonds. The quantitative estimate of drug-likeness (QED) is 0.722. The predicted octanol–water partition coefficient (Wildman–Crippen LogP) is 2.34. The van der Waals surface area contributed by atoms with Crippen LogP contribution in [0.4, 0.5) is 0 Å². The fraction of sp³-hybridized carbons (Fsp3) is 0.0714. The normalized spacial score (nSPS) is 10.9. The molecule has 2 aromatic heterocycles. The fourth-order valence-corrected chi connectivity index (χ4v) is 1.99. The Bertz CT molecular complexity index is 687. The van der Waals surface area contributed by atoms with E-state index in [0.717, 1.165) is 11.4 Å². The van der Waals surface area contributed by atoms with Crippen LogP contribution in [0.15, 0.2) is 48.8 Å². The van der Waals surface area contributed by atoms with Crippen molar-refractivity contribution in [3.05, 3.63) is 60.2 Å². The number of aromatic hydroxyl groups is 2. The summed E-state index contributed by atoms with van der Waals surface area (Å²) in [5, 5.41) is 18.9. The molecule has 0 saturated heterocycles. The Hall–Kier alpha value is -2.49. The number of imidazole rings is 1. The van der Waals surface area contributed by atoms with Crippen LogP contribution < -0.4 is 0 Å². The number of hydrogen-bond donors (Lipinski definition) is 2. The Labute approximate surface area is 104 Å². The van der Waals surface area contributed by atoms with Crippen LogP contribution in [0.3, 0.4) is 0 Å². The minimum atomic E-state index is 0.224. The summed E-state index contributed by atoms with van der Waals surface area (Å²) < 4.78 is 1.86.